The second-order valence-corrected chi connectivity index (χ2v) is 6.59. The number of primary amides is 1. The molecular formula is C20H16N2O4S. The van der Waals surface area contributed by atoms with Crippen LogP contribution in [0.5, 0.6) is 0 Å². The van der Waals surface area contributed by atoms with E-state index in [2.05, 4.69) is 5.32 Å². The number of anilines is 1. The van der Waals surface area contributed by atoms with Crippen LogP contribution in [0, 0.1) is 0 Å². The molecule has 0 saturated heterocycles. The smallest absolute Gasteiger partial charge is 0.338 e. The summed E-state index contributed by atoms with van der Waals surface area (Å²) in [5.74, 6) is -1.19. The van der Waals surface area contributed by atoms with E-state index in [1.807, 2.05) is 5.38 Å². The highest BCUT2D eigenvalue weighted by Crippen LogP contribution is 2.15. The van der Waals surface area contributed by atoms with Crippen LogP contribution in [0.3, 0.4) is 0 Å². The Morgan fingerprint density at radius 1 is 0.926 bits per heavy atom. The maximum absolute atomic E-state index is 12.1. The van der Waals surface area contributed by atoms with Crippen LogP contribution < -0.4 is 11.1 Å². The molecule has 0 spiro atoms. The molecule has 0 radical (unpaired) electrons. The summed E-state index contributed by atoms with van der Waals surface area (Å²) in [5, 5.41) is 4.59. The molecule has 2 amide bonds. The topological polar surface area (TPSA) is 98.5 Å². The van der Waals surface area contributed by atoms with E-state index in [-0.39, 0.29) is 12.5 Å². The van der Waals surface area contributed by atoms with Crippen LogP contribution in [-0.2, 0) is 11.3 Å². The number of carbonyl (C=O) groups is 3. The highest BCUT2D eigenvalue weighted by Gasteiger charge is 2.10. The van der Waals surface area contributed by atoms with Crippen LogP contribution in [0.25, 0.3) is 0 Å². The molecule has 0 aliphatic heterocycles. The van der Waals surface area contributed by atoms with Crippen LogP contribution in [-0.4, -0.2) is 17.8 Å². The summed E-state index contributed by atoms with van der Waals surface area (Å²) in [6.45, 7) is 0.0781. The molecule has 2 aromatic carbocycles. The maximum atomic E-state index is 12.1. The monoisotopic (exact) mass is 380 g/mol. The number of thiophene rings is 1. The summed E-state index contributed by atoms with van der Waals surface area (Å²) in [5.41, 5.74) is 7.28. The predicted molar refractivity (Wildman–Crippen MR) is 103 cm³/mol. The number of hydrogen-bond acceptors (Lipinski definition) is 5. The van der Waals surface area contributed by atoms with E-state index < -0.39 is 11.9 Å². The summed E-state index contributed by atoms with van der Waals surface area (Å²) in [7, 11) is 0. The second kappa shape index (κ2) is 8.29. The first-order valence-electron chi connectivity index (χ1n) is 8.04. The van der Waals surface area contributed by atoms with Gasteiger partial charge in [0, 0.05) is 11.3 Å². The summed E-state index contributed by atoms with van der Waals surface area (Å²) < 4.78 is 5.25. The molecule has 0 saturated carbocycles. The molecule has 3 N–H and O–H groups in total. The molecule has 7 heteroatoms. The molecule has 136 valence electrons. The van der Waals surface area contributed by atoms with Crippen molar-refractivity contribution in [1.29, 1.82) is 0 Å². The van der Waals surface area contributed by atoms with Crippen LogP contribution in [0.1, 0.15) is 36.0 Å². The molecule has 1 heterocycles. The lowest BCUT2D eigenvalue weighted by Gasteiger charge is -2.07. The van der Waals surface area contributed by atoms with Crippen molar-refractivity contribution < 1.29 is 19.1 Å². The Kier molecular flexibility index (Phi) is 5.63. The van der Waals surface area contributed by atoms with Gasteiger partial charge in [-0.3, -0.25) is 9.59 Å². The van der Waals surface area contributed by atoms with Gasteiger partial charge in [-0.15, -0.1) is 11.3 Å². The number of carbonyl (C=O) groups excluding carboxylic acids is 3. The summed E-state index contributed by atoms with van der Waals surface area (Å²) in [6.07, 6.45) is 0. The van der Waals surface area contributed by atoms with Crippen LogP contribution >= 0.6 is 11.3 Å². The van der Waals surface area contributed by atoms with Gasteiger partial charge in [-0.05, 0) is 53.4 Å². The molecule has 0 unspecified atom stereocenters. The molecule has 0 bridgehead atoms. The van der Waals surface area contributed by atoms with Crippen LogP contribution in [0.2, 0.25) is 0 Å². The van der Waals surface area contributed by atoms with Crippen molar-refractivity contribution in [2.75, 3.05) is 5.32 Å². The van der Waals surface area contributed by atoms with Crippen molar-refractivity contribution in [2.45, 2.75) is 6.61 Å². The lowest BCUT2D eigenvalue weighted by atomic mass is 10.1. The number of nitrogens with two attached hydrogens (primary N) is 1. The van der Waals surface area contributed by atoms with Gasteiger partial charge in [-0.1, -0.05) is 18.2 Å². The zero-order valence-corrected chi connectivity index (χ0v) is 15.0. The molecule has 0 aliphatic rings. The standard InChI is InChI=1S/C20H16N2O4S/c21-18(23)14-5-3-13(4-6-14)12-26-20(25)15-7-9-16(10-8-15)22-19(24)17-2-1-11-27-17/h1-11H,12H2,(H2,21,23)(H,22,24). The number of rotatable bonds is 6. The third kappa shape index (κ3) is 4.80. The summed E-state index contributed by atoms with van der Waals surface area (Å²) >= 11 is 1.35. The van der Waals surface area contributed by atoms with Gasteiger partial charge in [-0.25, -0.2) is 4.79 Å². The molecule has 0 aliphatic carbocycles. The highest BCUT2D eigenvalue weighted by molar-refractivity contribution is 7.12. The van der Waals surface area contributed by atoms with E-state index in [4.69, 9.17) is 10.5 Å². The van der Waals surface area contributed by atoms with Gasteiger partial charge in [0.15, 0.2) is 0 Å². The Morgan fingerprint density at radius 2 is 1.59 bits per heavy atom. The first kappa shape index (κ1) is 18.3. The van der Waals surface area contributed by atoms with E-state index in [9.17, 15) is 14.4 Å². The number of esters is 1. The van der Waals surface area contributed by atoms with Crippen molar-refractivity contribution >= 4 is 34.8 Å². The second-order valence-electron chi connectivity index (χ2n) is 5.65. The Bertz CT molecular complexity index is 949. The Morgan fingerprint density at radius 3 is 2.19 bits per heavy atom. The Balaban J connectivity index is 1.55. The van der Waals surface area contributed by atoms with Gasteiger partial charge >= 0.3 is 5.97 Å². The van der Waals surface area contributed by atoms with Gasteiger partial charge in [0.25, 0.3) is 5.91 Å². The van der Waals surface area contributed by atoms with E-state index in [0.29, 0.717) is 21.7 Å². The minimum absolute atomic E-state index is 0.0781. The fourth-order valence-corrected chi connectivity index (χ4v) is 2.91. The van der Waals surface area contributed by atoms with Gasteiger partial charge in [0.1, 0.15) is 6.61 Å². The predicted octanol–water partition coefficient (Wildman–Crippen LogP) is 3.46. The third-order valence-electron chi connectivity index (χ3n) is 3.73. The van der Waals surface area contributed by atoms with E-state index >= 15 is 0 Å². The molecule has 1 aromatic heterocycles. The fraction of sp³-hybridized carbons (Fsp3) is 0.0500. The van der Waals surface area contributed by atoms with Gasteiger partial charge in [-0.2, -0.15) is 0 Å². The quantitative estimate of drug-likeness (QED) is 0.640. The number of benzene rings is 2. The van der Waals surface area contributed by atoms with E-state index in [1.54, 1.807) is 60.7 Å². The van der Waals surface area contributed by atoms with Crippen molar-refractivity contribution in [1.82, 2.24) is 0 Å². The molecule has 6 nitrogen and oxygen atoms in total. The molecular weight excluding hydrogens is 364 g/mol. The summed E-state index contributed by atoms with van der Waals surface area (Å²) in [4.78, 5) is 35.8. The normalized spacial score (nSPS) is 10.2. The Hall–Kier alpha value is -3.45. The summed E-state index contributed by atoms with van der Waals surface area (Å²) in [6, 6.07) is 16.5. The van der Waals surface area contributed by atoms with E-state index in [1.165, 1.54) is 11.3 Å². The van der Waals surface area contributed by atoms with Crippen LogP contribution in [0.4, 0.5) is 5.69 Å². The van der Waals surface area contributed by atoms with Crippen molar-refractivity contribution in [3.05, 3.63) is 87.6 Å². The molecule has 0 atom stereocenters. The maximum Gasteiger partial charge on any atom is 0.338 e. The number of ether oxygens (including phenoxy) is 1. The lowest BCUT2D eigenvalue weighted by Crippen LogP contribution is -2.11. The van der Waals surface area contributed by atoms with Crippen molar-refractivity contribution in [3.63, 3.8) is 0 Å². The first-order valence-corrected chi connectivity index (χ1v) is 8.91. The van der Waals surface area contributed by atoms with Gasteiger partial charge in [0.2, 0.25) is 5.91 Å². The van der Waals surface area contributed by atoms with Crippen molar-refractivity contribution in [2.24, 2.45) is 5.73 Å². The highest BCUT2D eigenvalue weighted by atomic mass is 32.1. The zero-order valence-electron chi connectivity index (χ0n) is 14.2. The Labute approximate surface area is 159 Å². The average molecular weight is 380 g/mol. The minimum atomic E-state index is -0.509. The van der Waals surface area contributed by atoms with Crippen molar-refractivity contribution in [3.8, 4) is 0 Å². The molecule has 0 fully saturated rings. The number of amides is 2. The van der Waals surface area contributed by atoms with E-state index in [0.717, 1.165) is 5.56 Å². The van der Waals surface area contributed by atoms with Gasteiger partial charge < -0.3 is 15.8 Å². The molecule has 3 aromatic rings. The zero-order chi connectivity index (χ0) is 19.2. The largest absolute Gasteiger partial charge is 0.457 e. The first-order chi connectivity index (χ1) is 13.0. The lowest BCUT2D eigenvalue weighted by molar-refractivity contribution is 0.0472. The minimum Gasteiger partial charge on any atom is -0.457 e. The fourth-order valence-electron chi connectivity index (χ4n) is 2.29. The SMILES string of the molecule is NC(=O)c1ccc(COC(=O)c2ccc(NC(=O)c3cccs3)cc2)cc1. The number of nitrogens with one attached hydrogen (secondary N) is 1. The third-order valence-corrected chi connectivity index (χ3v) is 4.60. The molecule has 27 heavy (non-hydrogen) atoms. The molecule has 3 rings (SSSR count). The van der Waals surface area contributed by atoms with Gasteiger partial charge in [0.05, 0.1) is 10.4 Å². The number of hydrogen-bond donors (Lipinski definition) is 2. The van der Waals surface area contributed by atoms with Crippen LogP contribution in [0.15, 0.2) is 66.0 Å². The average Bonchev–Trinajstić information content (AvgIpc) is 3.22.